The van der Waals surface area contributed by atoms with Gasteiger partial charge in [0.15, 0.2) is 0 Å². The molecular formula is C26H38N6O5. The first-order chi connectivity index (χ1) is 17.5. The summed E-state index contributed by atoms with van der Waals surface area (Å²) in [6, 6.07) is 4.99. The minimum atomic E-state index is -1.15. The van der Waals surface area contributed by atoms with E-state index in [1.54, 1.807) is 38.1 Å². The lowest BCUT2D eigenvalue weighted by Gasteiger charge is -2.26. The lowest BCUT2D eigenvalue weighted by atomic mass is 10.0. The van der Waals surface area contributed by atoms with Crippen molar-refractivity contribution >= 4 is 23.7 Å². The van der Waals surface area contributed by atoms with E-state index in [9.17, 15) is 24.3 Å². The summed E-state index contributed by atoms with van der Waals surface area (Å²) in [4.78, 5) is 57.9. The van der Waals surface area contributed by atoms with Crippen molar-refractivity contribution in [2.24, 2.45) is 17.6 Å². The summed E-state index contributed by atoms with van der Waals surface area (Å²) in [6.07, 6.45) is 3.44. The smallest absolute Gasteiger partial charge is 0.326 e. The molecule has 3 amide bonds. The summed E-state index contributed by atoms with van der Waals surface area (Å²) >= 11 is 0. The number of carbonyl (C=O) groups excluding carboxylic acids is 3. The Bertz CT molecular complexity index is 1030. The molecule has 1 aromatic heterocycles. The van der Waals surface area contributed by atoms with Crippen molar-refractivity contribution < 1.29 is 24.3 Å². The van der Waals surface area contributed by atoms with Gasteiger partial charge in [0.2, 0.25) is 17.7 Å². The van der Waals surface area contributed by atoms with E-state index in [0.29, 0.717) is 5.69 Å². The predicted molar refractivity (Wildman–Crippen MR) is 138 cm³/mol. The van der Waals surface area contributed by atoms with Crippen LogP contribution >= 0.6 is 0 Å². The van der Waals surface area contributed by atoms with Crippen LogP contribution in [-0.2, 0) is 32.0 Å². The molecule has 1 heterocycles. The van der Waals surface area contributed by atoms with Crippen LogP contribution in [0.3, 0.4) is 0 Å². The van der Waals surface area contributed by atoms with Crippen LogP contribution in [0.1, 0.15) is 45.4 Å². The van der Waals surface area contributed by atoms with Crippen LogP contribution in [0.25, 0.3) is 0 Å². The number of amides is 3. The molecule has 0 aliphatic carbocycles. The number of benzene rings is 1. The molecule has 11 nitrogen and oxygen atoms in total. The Labute approximate surface area is 217 Å². The van der Waals surface area contributed by atoms with Crippen molar-refractivity contribution in [1.82, 2.24) is 25.9 Å². The number of rotatable bonds is 14. The van der Waals surface area contributed by atoms with Crippen LogP contribution in [0.5, 0.6) is 0 Å². The third-order valence-electron chi connectivity index (χ3n) is 5.87. The summed E-state index contributed by atoms with van der Waals surface area (Å²) in [5.41, 5.74) is 7.35. The Morgan fingerprint density at radius 3 is 1.97 bits per heavy atom. The molecule has 0 aliphatic heterocycles. The number of aromatic amines is 1. The van der Waals surface area contributed by atoms with E-state index in [1.807, 2.05) is 19.9 Å². The number of aromatic nitrogens is 2. The molecule has 202 valence electrons. The van der Waals surface area contributed by atoms with E-state index in [2.05, 4.69) is 25.9 Å². The van der Waals surface area contributed by atoms with Crippen LogP contribution in [0.4, 0.5) is 0 Å². The monoisotopic (exact) mass is 514 g/mol. The van der Waals surface area contributed by atoms with Gasteiger partial charge in [-0.1, -0.05) is 58.0 Å². The van der Waals surface area contributed by atoms with Gasteiger partial charge in [0.1, 0.15) is 18.1 Å². The number of nitrogens with two attached hydrogens (primary N) is 1. The predicted octanol–water partition coefficient (Wildman–Crippen LogP) is 0.763. The molecule has 37 heavy (non-hydrogen) atoms. The Morgan fingerprint density at radius 1 is 0.892 bits per heavy atom. The van der Waals surface area contributed by atoms with Gasteiger partial charge in [-0.15, -0.1) is 0 Å². The minimum absolute atomic E-state index is 0.0303. The SMILES string of the molecule is CC(C)CC(NC(=O)C(Cc1ccccc1)NC(=O)C(Cc1cnc[nH]1)NC(=O)C(N)C(C)C)C(=O)O. The lowest BCUT2D eigenvalue weighted by molar-refractivity contribution is -0.142. The van der Waals surface area contributed by atoms with E-state index in [4.69, 9.17) is 5.73 Å². The van der Waals surface area contributed by atoms with E-state index >= 15 is 0 Å². The quantitative estimate of drug-likeness (QED) is 0.215. The molecule has 1 aromatic carbocycles. The largest absolute Gasteiger partial charge is 0.480 e. The average molecular weight is 515 g/mol. The Morgan fingerprint density at radius 2 is 1.46 bits per heavy atom. The number of imidazole rings is 1. The van der Waals surface area contributed by atoms with Gasteiger partial charge in [0.25, 0.3) is 0 Å². The molecule has 2 rings (SSSR count). The first-order valence-electron chi connectivity index (χ1n) is 12.4. The average Bonchev–Trinajstić information content (AvgIpc) is 3.35. The van der Waals surface area contributed by atoms with Crippen molar-refractivity contribution in [3.8, 4) is 0 Å². The number of hydrogen-bond acceptors (Lipinski definition) is 6. The van der Waals surface area contributed by atoms with Gasteiger partial charge in [0, 0.05) is 24.7 Å². The van der Waals surface area contributed by atoms with Gasteiger partial charge in [-0.05, 0) is 23.8 Å². The standard InChI is InChI=1S/C26H38N6O5/c1-15(2)10-21(26(36)37)32-23(33)19(11-17-8-6-5-7-9-17)30-24(34)20(12-18-13-28-14-29-18)31-25(35)22(27)16(3)4/h5-9,13-16,19-22H,10-12,27H2,1-4H3,(H,28,29)(H,30,34)(H,31,35)(H,32,33)(H,36,37). The summed E-state index contributed by atoms with van der Waals surface area (Å²) in [6.45, 7) is 7.31. The Hall–Kier alpha value is -3.73. The van der Waals surface area contributed by atoms with Crippen molar-refractivity contribution in [3.63, 3.8) is 0 Å². The zero-order valence-corrected chi connectivity index (χ0v) is 21.7. The van der Waals surface area contributed by atoms with Gasteiger partial charge in [-0.3, -0.25) is 14.4 Å². The second kappa shape index (κ2) is 14.1. The maximum absolute atomic E-state index is 13.4. The van der Waals surface area contributed by atoms with Crippen molar-refractivity contribution in [1.29, 1.82) is 0 Å². The third-order valence-corrected chi connectivity index (χ3v) is 5.87. The number of carbonyl (C=O) groups is 4. The number of carboxylic acids is 1. The summed E-state index contributed by atoms with van der Waals surface area (Å²) in [7, 11) is 0. The molecule has 0 bridgehead atoms. The first-order valence-corrected chi connectivity index (χ1v) is 12.4. The zero-order valence-electron chi connectivity index (χ0n) is 21.7. The van der Waals surface area contributed by atoms with E-state index in [0.717, 1.165) is 5.56 Å². The van der Waals surface area contributed by atoms with Crippen LogP contribution < -0.4 is 21.7 Å². The number of aliphatic carboxylic acids is 1. The van der Waals surface area contributed by atoms with Crippen LogP contribution in [0, 0.1) is 11.8 Å². The fourth-order valence-electron chi connectivity index (χ4n) is 3.69. The van der Waals surface area contributed by atoms with E-state index in [-0.39, 0.29) is 31.1 Å². The van der Waals surface area contributed by atoms with Crippen LogP contribution in [0.2, 0.25) is 0 Å². The molecule has 0 saturated carbocycles. The molecule has 2 aromatic rings. The van der Waals surface area contributed by atoms with Gasteiger partial charge in [-0.25, -0.2) is 9.78 Å². The molecule has 7 N–H and O–H groups in total. The lowest BCUT2D eigenvalue weighted by Crippen LogP contribution is -2.58. The molecule has 0 aliphatic rings. The molecule has 0 saturated heterocycles. The Balaban J connectivity index is 2.28. The van der Waals surface area contributed by atoms with Crippen LogP contribution in [-0.4, -0.2) is 62.9 Å². The summed E-state index contributed by atoms with van der Waals surface area (Å²) in [5.74, 6) is -3.01. The molecular weight excluding hydrogens is 476 g/mol. The van der Waals surface area contributed by atoms with E-state index in [1.165, 1.54) is 12.5 Å². The van der Waals surface area contributed by atoms with Crippen LogP contribution in [0.15, 0.2) is 42.9 Å². The fraction of sp³-hybridized carbons (Fsp3) is 0.500. The topological polar surface area (TPSA) is 179 Å². The highest BCUT2D eigenvalue weighted by atomic mass is 16.4. The number of carboxylic acid groups (broad SMARTS) is 1. The molecule has 0 fully saturated rings. The molecule has 4 atom stereocenters. The zero-order chi connectivity index (χ0) is 27.5. The van der Waals surface area contributed by atoms with Crippen molar-refractivity contribution in [3.05, 3.63) is 54.1 Å². The van der Waals surface area contributed by atoms with Gasteiger partial charge in [-0.2, -0.15) is 0 Å². The summed E-state index contributed by atoms with van der Waals surface area (Å²) < 4.78 is 0. The molecule has 0 radical (unpaired) electrons. The molecule has 11 heteroatoms. The minimum Gasteiger partial charge on any atom is -0.480 e. The normalized spacial score (nSPS) is 14.5. The maximum atomic E-state index is 13.4. The van der Waals surface area contributed by atoms with E-state index < -0.39 is 47.9 Å². The molecule has 0 spiro atoms. The number of H-pyrrole nitrogens is 1. The Kier molecular flexibility index (Phi) is 11.3. The van der Waals surface area contributed by atoms with Crippen molar-refractivity contribution in [2.45, 2.75) is 71.1 Å². The van der Waals surface area contributed by atoms with Gasteiger partial charge in [0.05, 0.1) is 12.4 Å². The number of nitrogens with zero attached hydrogens (tertiary/aromatic N) is 1. The highest BCUT2D eigenvalue weighted by Crippen LogP contribution is 2.09. The molecule has 4 unspecified atom stereocenters. The second-order valence-corrected chi connectivity index (χ2v) is 9.89. The highest BCUT2D eigenvalue weighted by Gasteiger charge is 2.31. The maximum Gasteiger partial charge on any atom is 0.326 e. The number of nitrogens with one attached hydrogen (secondary N) is 4. The fourth-order valence-corrected chi connectivity index (χ4v) is 3.69. The van der Waals surface area contributed by atoms with Crippen molar-refractivity contribution in [2.75, 3.05) is 0 Å². The highest BCUT2D eigenvalue weighted by molar-refractivity contribution is 5.94. The third kappa shape index (κ3) is 9.68. The van der Waals surface area contributed by atoms with Gasteiger partial charge < -0.3 is 31.8 Å². The van der Waals surface area contributed by atoms with Gasteiger partial charge >= 0.3 is 5.97 Å². The number of hydrogen-bond donors (Lipinski definition) is 6. The summed E-state index contributed by atoms with van der Waals surface area (Å²) in [5, 5.41) is 17.5. The second-order valence-electron chi connectivity index (χ2n) is 9.89. The first kappa shape index (κ1) is 29.5.